The van der Waals surface area contributed by atoms with Gasteiger partial charge in [0.15, 0.2) is 0 Å². The minimum Gasteiger partial charge on any atom is -0.462 e. The summed E-state index contributed by atoms with van der Waals surface area (Å²) in [6.45, 7) is 8.39. The Morgan fingerprint density at radius 2 is 0.941 bits per heavy atom. The lowest BCUT2D eigenvalue weighted by molar-refractivity contribution is -0.151. The largest absolute Gasteiger partial charge is 0.462 e. The fourth-order valence-electron chi connectivity index (χ4n) is 4.52. The third-order valence-corrected chi connectivity index (χ3v) is 6.99. The molecule has 0 rings (SSSR count). The van der Waals surface area contributed by atoms with Gasteiger partial charge in [-0.05, 0) is 19.3 Å². The molecular weight excluding hydrogens is 420 g/mol. The highest BCUT2D eigenvalue weighted by Gasteiger charge is 2.19. The van der Waals surface area contributed by atoms with Gasteiger partial charge < -0.3 is 4.74 Å². The van der Waals surface area contributed by atoms with Crippen molar-refractivity contribution in [1.82, 2.24) is 0 Å². The Labute approximate surface area is 213 Å². The molecule has 202 valence electrons. The average molecular weight is 481 g/mol. The summed E-state index contributed by atoms with van der Waals surface area (Å²) in [4.78, 5) is 24.7. The number of Topliss-reactive ketones (excluding diaryl/α,β-unsaturated/α-hetero) is 1. The van der Waals surface area contributed by atoms with E-state index < -0.39 is 0 Å². The molecule has 0 heterocycles. The van der Waals surface area contributed by atoms with Crippen LogP contribution < -0.4 is 0 Å². The highest BCUT2D eigenvalue weighted by molar-refractivity contribution is 5.81. The smallest absolute Gasteiger partial charge is 0.306 e. The van der Waals surface area contributed by atoms with Gasteiger partial charge in [-0.2, -0.15) is 0 Å². The summed E-state index contributed by atoms with van der Waals surface area (Å²) in [5.41, 5.74) is 0. The van der Waals surface area contributed by atoms with Gasteiger partial charge in [-0.3, -0.25) is 9.59 Å². The van der Waals surface area contributed by atoms with Crippen LogP contribution in [0.15, 0.2) is 0 Å². The second-order valence-electron chi connectivity index (χ2n) is 10.8. The standard InChI is InChI=1S/C31H60O3/c1-5-7-9-11-13-15-16-18-20-22-24-26-31(33)34-29(27-30(32)28(3)4)25-23-21-19-17-14-12-10-8-6-2/h28-29H,5-27H2,1-4H3. The minimum atomic E-state index is -0.223. The van der Waals surface area contributed by atoms with Crippen molar-refractivity contribution in [2.75, 3.05) is 0 Å². The molecule has 0 aliphatic carbocycles. The number of rotatable bonds is 26. The van der Waals surface area contributed by atoms with E-state index in [1.165, 1.54) is 109 Å². The predicted molar refractivity (Wildman–Crippen MR) is 147 cm³/mol. The highest BCUT2D eigenvalue weighted by atomic mass is 16.5. The van der Waals surface area contributed by atoms with Crippen molar-refractivity contribution in [1.29, 1.82) is 0 Å². The molecule has 34 heavy (non-hydrogen) atoms. The van der Waals surface area contributed by atoms with E-state index in [-0.39, 0.29) is 23.8 Å². The van der Waals surface area contributed by atoms with Crippen molar-refractivity contribution in [3.8, 4) is 0 Å². The van der Waals surface area contributed by atoms with Gasteiger partial charge in [-0.15, -0.1) is 0 Å². The first-order valence-corrected chi connectivity index (χ1v) is 15.2. The van der Waals surface area contributed by atoms with Gasteiger partial charge in [0.1, 0.15) is 11.9 Å². The molecule has 0 bridgehead atoms. The van der Waals surface area contributed by atoms with E-state index in [2.05, 4.69) is 13.8 Å². The molecule has 0 aromatic carbocycles. The van der Waals surface area contributed by atoms with Gasteiger partial charge in [0, 0.05) is 18.8 Å². The van der Waals surface area contributed by atoms with Gasteiger partial charge in [-0.1, -0.05) is 143 Å². The summed E-state index contributed by atoms with van der Waals surface area (Å²) in [7, 11) is 0. The third-order valence-electron chi connectivity index (χ3n) is 6.99. The molecule has 1 unspecified atom stereocenters. The summed E-state index contributed by atoms with van der Waals surface area (Å²) in [6.07, 6.45) is 27.1. The highest BCUT2D eigenvalue weighted by Crippen LogP contribution is 2.18. The Bertz CT molecular complexity index is 458. The van der Waals surface area contributed by atoms with Crippen LogP contribution in [0.2, 0.25) is 0 Å². The number of carbonyl (C=O) groups excluding carboxylic acids is 2. The zero-order chi connectivity index (χ0) is 25.3. The normalized spacial score (nSPS) is 12.3. The van der Waals surface area contributed by atoms with Crippen molar-refractivity contribution >= 4 is 11.8 Å². The number of ketones is 1. The number of carbonyl (C=O) groups is 2. The van der Waals surface area contributed by atoms with Crippen molar-refractivity contribution < 1.29 is 14.3 Å². The van der Waals surface area contributed by atoms with E-state index in [1.807, 2.05) is 13.8 Å². The number of esters is 1. The first kappa shape index (κ1) is 33.1. The molecule has 3 nitrogen and oxygen atoms in total. The summed E-state index contributed by atoms with van der Waals surface area (Å²) >= 11 is 0. The first-order chi connectivity index (χ1) is 16.5. The topological polar surface area (TPSA) is 43.4 Å². The van der Waals surface area contributed by atoms with Crippen molar-refractivity contribution in [2.24, 2.45) is 5.92 Å². The van der Waals surface area contributed by atoms with Crippen LogP contribution in [0.1, 0.15) is 175 Å². The Kier molecular flexibility index (Phi) is 24.6. The minimum absolute atomic E-state index is 0.0102. The van der Waals surface area contributed by atoms with Crippen LogP contribution in [0.25, 0.3) is 0 Å². The van der Waals surface area contributed by atoms with E-state index in [1.54, 1.807) is 0 Å². The van der Waals surface area contributed by atoms with Crippen LogP contribution in [0.3, 0.4) is 0 Å². The number of hydrogen-bond donors (Lipinski definition) is 0. The second-order valence-corrected chi connectivity index (χ2v) is 10.8. The van der Waals surface area contributed by atoms with Crippen molar-refractivity contribution in [3.05, 3.63) is 0 Å². The van der Waals surface area contributed by atoms with Gasteiger partial charge in [0.2, 0.25) is 0 Å². The van der Waals surface area contributed by atoms with E-state index >= 15 is 0 Å². The molecule has 0 aromatic heterocycles. The fraction of sp³-hybridized carbons (Fsp3) is 0.935. The van der Waals surface area contributed by atoms with Crippen LogP contribution in [-0.2, 0) is 14.3 Å². The fourth-order valence-corrected chi connectivity index (χ4v) is 4.52. The van der Waals surface area contributed by atoms with E-state index in [9.17, 15) is 9.59 Å². The Morgan fingerprint density at radius 3 is 1.35 bits per heavy atom. The maximum atomic E-state index is 12.4. The lowest BCUT2D eigenvalue weighted by Gasteiger charge is -2.18. The van der Waals surface area contributed by atoms with Crippen molar-refractivity contribution in [3.63, 3.8) is 0 Å². The molecule has 0 N–H and O–H groups in total. The maximum Gasteiger partial charge on any atom is 0.306 e. The average Bonchev–Trinajstić information content (AvgIpc) is 2.81. The van der Waals surface area contributed by atoms with Gasteiger partial charge in [0.25, 0.3) is 0 Å². The molecule has 0 aliphatic rings. The van der Waals surface area contributed by atoms with Gasteiger partial charge in [-0.25, -0.2) is 0 Å². The van der Waals surface area contributed by atoms with Crippen molar-refractivity contribution in [2.45, 2.75) is 181 Å². The summed E-state index contributed by atoms with van der Waals surface area (Å²) < 4.78 is 5.78. The monoisotopic (exact) mass is 480 g/mol. The molecule has 0 aliphatic heterocycles. The molecule has 0 spiro atoms. The van der Waals surface area contributed by atoms with E-state index in [0.29, 0.717) is 12.8 Å². The predicted octanol–water partition coefficient (Wildman–Crippen LogP) is 10.1. The van der Waals surface area contributed by atoms with E-state index in [0.717, 1.165) is 25.7 Å². The lowest BCUT2D eigenvalue weighted by Crippen LogP contribution is -2.23. The summed E-state index contributed by atoms with van der Waals surface area (Å²) in [5, 5.41) is 0. The zero-order valence-corrected chi connectivity index (χ0v) is 23.6. The number of unbranched alkanes of at least 4 members (excludes halogenated alkanes) is 18. The maximum absolute atomic E-state index is 12.4. The van der Waals surface area contributed by atoms with Crippen LogP contribution in [0.5, 0.6) is 0 Å². The van der Waals surface area contributed by atoms with E-state index in [4.69, 9.17) is 4.74 Å². The molecule has 0 radical (unpaired) electrons. The Hall–Kier alpha value is -0.860. The second kappa shape index (κ2) is 25.2. The van der Waals surface area contributed by atoms with Crippen LogP contribution in [0.4, 0.5) is 0 Å². The Balaban J connectivity index is 3.94. The molecule has 0 fully saturated rings. The van der Waals surface area contributed by atoms with Crippen LogP contribution >= 0.6 is 0 Å². The molecular formula is C31H60O3. The molecule has 0 aromatic rings. The van der Waals surface area contributed by atoms with Crippen LogP contribution in [-0.4, -0.2) is 17.9 Å². The number of hydrogen-bond acceptors (Lipinski definition) is 3. The Morgan fingerprint density at radius 1 is 0.559 bits per heavy atom. The molecule has 0 saturated carbocycles. The quantitative estimate of drug-likeness (QED) is 0.0913. The lowest BCUT2D eigenvalue weighted by atomic mass is 9.98. The van der Waals surface area contributed by atoms with Gasteiger partial charge in [0.05, 0.1) is 0 Å². The SMILES string of the molecule is CCCCCCCCCCCCCC(=O)OC(CCCCCCCCCCC)CC(=O)C(C)C. The molecule has 0 amide bonds. The number of ether oxygens (including phenoxy) is 1. The zero-order valence-electron chi connectivity index (χ0n) is 23.6. The first-order valence-electron chi connectivity index (χ1n) is 15.2. The van der Waals surface area contributed by atoms with Crippen LogP contribution in [0, 0.1) is 5.92 Å². The summed E-state index contributed by atoms with van der Waals surface area (Å²) in [5.74, 6) is 0.118. The third kappa shape index (κ3) is 22.9. The van der Waals surface area contributed by atoms with Gasteiger partial charge >= 0.3 is 5.97 Å². The molecule has 0 saturated heterocycles. The summed E-state index contributed by atoms with van der Waals surface area (Å²) in [6, 6.07) is 0. The molecule has 3 heteroatoms. The molecule has 1 atom stereocenters.